The Kier molecular flexibility index (Phi) is 1.83. The molecule has 2 aliphatic carbocycles. The normalized spacial score (nSPS) is 32.4. The largest absolute Gasteiger partial charge is 0.328 e. The van der Waals surface area contributed by atoms with Gasteiger partial charge in [0.2, 0.25) is 0 Å². The number of hydrogen-bond donors (Lipinski definition) is 1. The molecule has 2 saturated carbocycles. The zero-order valence-corrected chi connectivity index (χ0v) is 8.26. The summed E-state index contributed by atoms with van der Waals surface area (Å²) in [7, 11) is 0. The maximum atomic E-state index is 5.92. The summed E-state index contributed by atoms with van der Waals surface area (Å²) in [5.41, 5.74) is 5.92. The maximum Gasteiger partial charge on any atom is 0.136 e. The lowest BCUT2D eigenvalue weighted by Crippen LogP contribution is -2.15. The van der Waals surface area contributed by atoms with Gasteiger partial charge in [0.15, 0.2) is 0 Å². The van der Waals surface area contributed by atoms with Crippen LogP contribution >= 0.6 is 0 Å². The number of hydrogen-bond acceptors (Lipinski definition) is 3. The molecule has 2 atom stereocenters. The van der Waals surface area contributed by atoms with Crippen molar-refractivity contribution in [2.45, 2.75) is 50.1 Å². The van der Waals surface area contributed by atoms with Crippen LogP contribution in [-0.2, 0) is 0 Å². The molecule has 0 spiro atoms. The molecule has 2 N–H and O–H groups in total. The van der Waals surface area contributed by atoms with Gasteiger partial charge in [0.1, 0.15) is 12.2 Å². The van der Waals surface area contributed by atoms with Crippen molar-refractivity contribution in [2.24, 2.45) is 5.73 Å². The van der Waals surface area contributed by atoms with Crippen molar-refractivity contribution in [1.82, 2.24) is 14.8 Å². The zero-order chi connectivity index (χ0) is 9.54. The second kappa shape index (κ2) is 3.05. The molecule has 0 amide bonds. The topological polar surface area (TPSA) is 56.7 Å². The first-order valence-corrected chi connectivity index (χ1v) is 5.49. The Morgan fingerprint density at radius 1 is 1.29 bits per heavy atom. The summed E-state index contributed by atoms with van der Waals surface area (Å²) < 4.78 is 2.27. The van der Waals surface area contributed by atoms with Gasteiger partial charge in [0.25, 0.3) is 0 Å². The van der Waals surface area contributed by atoms with Crippen LogP contribution in [0.1, 0.15) is 49.9 Å². The van der Waals surface area contributed by atoms with Crippen LogP contribution in [0.2, 0.25) is 0 Å². The van der Waals surface area contributed by atoms with Crippen LogP contribution in [0.15, 0.2) is 6.33 Å². The fourth-order valence-corrected chi connectivity index (χ4v) is 2.43. The summed E-state index contributed by atoms with van der Waals surface area (Å²) in [6.07, 6.45) is 7.89. The number of nitrogens with zero attached hydrogens (tertiary/aromatic N) is 3. The van der Waals surface area contributed by atoms with E-state index in [0.29, 0.717) is 18.0 Å². The molecule has 1 aromatic rings. The SMILES string of the molecule is N[C@@H]1CC[C@H](c2nncn2C2CC2)C1. The highest BCUT2D eigenvalue weighted by Gasteiger charge is 2.32. The minimum atomic E-state index is 0.379. The molecule has 0 radical (unpaired) electrons. The van der Waals surface area contributed by atoms with Crippen molar-refractivity contribution in [2.75, 3.05) is 0 Å². The Hall–Kier alpha value is -0.900. The Bertz CT molecular complexity index is 329. The summed E-state index contributed by atoms with van der Waals surface area (Å²) in [5, 5.41) is 8.28. The molecular weight excluding hydrogens is 176 g/mol. The first kappa shape index (κ1) is 8.41. The Labute approximate surface area is 83.5 Å². The van der Waals surface area contributed by atoms with Crippen molar-refractivity contribution >= 4 is 0 Å². The maximum absolute atomic E-state index is 5.92. The number of nitrogens with two attached hydrogens (primary N) is 1. The summed E-state index contributed by atoms with van der Waals surface area (Å²) in [5.74, 6) is 1.74. The molecule has 0 saturated heterocycles. The second-order valence-corrected chi connectivity index (χ2v) is 4.60. The third-order valence-corrected chi connectivity index (χ3v) is 3.38. The highest BCUT2D eigenvalue weighted by molar-refractivity contribution is 5.05. The average Bonchev–Trinajstić information content (AvgIpc) is 2.75. The summed E-state index contributed by atoms with van der Waals surface area (Å²) in [4.78, 5) is 0. The molecule has 0 bridgehead atoms. The van der Waals surface area contributed by atoms with Crippen molar-refractivity contribution in [3.05, 3.63) is 12.2 Å². The molecule has 2 fully saturated rings. The standard InChI is InChI=1S/C10H16N4/c11-8-2-1-7(5-8)10-13-12-6-14(10)9-3-4-9/h6-9H,1-5,11H2/t7-,8+/m0/s1. The minimum absolute atomic E-state index is 0.379. The van der Waals surface area contributed by atoms with Crippen molar-refractivity contribution < 1.29 is 0 Å². The molecule has 1 heterocycles. The van der Waals surface area contributed by atoms with Crippen molar-refractivity contribution in [3.8, 4) is 0 Å². The molecular formula is C10H16N4. The van der Waals surface area contributed by atoms with E-state index in [-0.39, 0.29) is 0 Å². The molecule has 3 rings (SSSR count). The fraction of sp³-hybridized carbons (Fsp3) is 0.800. The van der Waals surface area contributed by atoms with Crippen LogP contribution in [0.3, 0.4) is 0 Å². The van der Waals surface area contributed by atoms with Gasteiger partial charge in [-0.05, 0) is 32.1 Å². The monoisotopic (exact) mass is 192 g/mol. The molecule has 0 unspecified atom stereocenters. The van der Waals surface area contributed by atoms with Gasteiger partial charge >= 0.3 is 0 Å². The van der Waals surface area contributed by atoms with Crippen LogP contribution in [0.4, 0.5) is 0 Å². The Morgan fingerprint density at radius 2 is 2.14 bits per heavy atom. The van der Waals surface area contributed by atoms with E-state index in [1.807, 2.05) is 6.33 Å². The van der Waals surface area contributed by atoms with Crippen LogP contribution in [0.5, 0.6) is 0 Å². The lowest BCUT2D eigenvalue weighted by Gasteiger charge is -2.10. The third-order valence-electron chi connectivity index (χ3n) is 3.38. The predicted octanol–water partition coefficient (Wildman–Crippen LogP) is 1.21. The van der Waals surface area contributed by atoms with Gasteiger partial charge in [0, 0.05) is 18.0 Å². The molecule has 4 heteroatoms. The van der Waals surface area contributed by atoms with Crippen LogP contribution in [-0.4, -0.2) is 20.8 Å². The quantitative estimate of drug-likeness (QED) is 0.766. The zero-order valence-electron chi connectivity index (χ0n) is 8.26. The van der Waals surface area contributed by atoms with Gasteiger partial charge in [-0.25, -0.2) is 0 Å². The molecule has 1 aromatic heterocycles. The molecule has 2 aliphatic rings. The smallest absolute Gasteiger partial charge is 0.136 e. The highest BCUT2D eigenvalue weighted by atomic mass is 15.3. The van der Waals surface area contributed by atoms with Crippen molar-refractivity contribution in [1.29, 1.82) is 0 Å². The van der Waals surface area contributed by atoms with Crippen LogP contribution in [0.25, 0.3) is 0 Å². The van der Waals surface area contributed by atoms with Gasteiger partial charge in [-0.1, -0.05) is 0 Å². The lowest BCUT2D eigenvalue weighted by molar-refractivity contribution is 0.582. The molecule has 0 aliphatic heterocycles. The van der Waals surface area contributed by atoms with Crippen molar-refractivity contribution in [3.63, 3.8) is 0 Å². The molecule has 76 valence electrons. The average molecular weight is 192 g/mol. The van der Waals surface area contributed by atoms with E-state index < -0.39 is 0 Å². The van der Waals surface area contributed by atoms with E-state index >= 15 is 0 Å². The number of rotatable bonds is 2. The Morgan fingerprint density at radius 3 is 2.79 bits per heavy atom. The molecule has 0 aromatic carbocycles. The van der Waals surface area contributed by atoms with E-state index in [4.69, 9.17) is 5.73 Å². The lowest BCUT2D eigenvalue weighted by atomic mass is 10.1. The summed E-state index contributed by atoms with van der Waals surface area (Å²) in [6.45, 7) is 0. The first-order valence-electron chi connectivity index (χ1n) is 5.49. The highest BCUT2D eigenvalue weighted by Crippen LogP contribution is 2.39. The van der Waals surface area contributed by atoms with E-state index in [9.17, 15) is 0 Å². The number of aromatic nitrogens is 3. The van der Waals surface area contributed by atoms with Gasteiger partial charge in [-0.2, -0.15) is 0 Å². The molecule has 4 nitrogen and oxygen atoms in total. The summed E-state index contributed by atoms with van der Waals surface area (Å²) in [6, 6.07) is 1.07. The fourth-order valence-electron chi connectivity index (χ4n) is 2.43. The van der Waals surface area contributed by atoms with Crippen LogP contribution in [0, 0.1) is 0 Å². The van der Waals surface area contributed by atoms with Gasteiger partial charge in [-0.15, -0.1) is 10.2 Å². The van der Waals surface area contributed by atoms with Crippen LogP contribution < -0.4 is 5.73 Å². The van der Waals surface area contributed by atoms with E-state index in [2.05, 4.69) is 14.8 Å². The minimum Gasteiger partial charge on any atom is -0.328 e. The predicted molar refractivity (Wildman–Crippen MR) is 52.9 cm³/mol. The van der Waals surface area contributed by atoms with Gasteiger partial charge in [0.05, 0.1) is 0 Å². The molecule has 14 heavy (non-hydrogen) atoms. The third kappa shape index (κ3) is 1.34. The Balaban J connectivity index is 1.84. The summed E-state index contributed by atoms with van der Waals surface area (Å²) >= 11 is 0. The van der Waals surface area contributed by atoms with Gasteiger partial charge < -0.3 is 10.3 Å². The first-order chi connectivity index (χ1) is 6.84. The van der Waals surface area contributed by atoms with E-state index in [1.165, 1.54) is 25.1 Å². The second-order valence-electron chi connectivity index (χ2n) is 4.60. The van der Waals surface area contributed by atoms with E-state index in [0.717, 1.165) is 12.8 Å². The van der Waals surface area contributed by atoms with Gasteiger partial charge in [-0.3, -0.25) is 0 Å². The van der Waals surface area contributed by atoms with E-state index in [1.54, 1.807) is 0 Å².